The summed E-state index contributed by atoms with van der Waals surface area (Å²) in [4.78, 5) is 42.7. The molecule has 1 unspecified atom stereocenters. The maximum atomic E-state index is 12.9. The van der Waals surface area contributed by atoms with Gasteiger partial charge in [-0.2, -0.15) is 0 Å². The van der Waals surface area contributed by atoms with Crippen LogP contribution in [0.5, 0.6) is 0 Å². The van der Waals surface area contributed by atoms with Crippen LogP contribution in [0.15, 0.2) is 23.9 Å². The van der Waals surface area contributed by atoms with Crippen LogP contribution in [0.1, 0.15) is 46.5 Å². The van der Waals surface area contributed by atoms with Gasteiger partial charge >= 0.3 is 5.97 Å². The molecule has 0 aliphatic heterocycles. The smallest absolute Gasteiger partial charge is 0.320 e. The van der Waals surface area contributed by atoms with Gasteiger partial charge in [0.15, 0.2) is 11.6 Å². The molecule has 0 amide bonds. The number of esters is 1. The van der Waals surface area contributed by atoms with Gasteiger partial charge in [0, 0.05) is 6.42 Å². The van der Waals surface area contributed by atoms with Gasteiger partial charge in [0.1, 0.15) is 5.41 Å². The molecule has 23 heavy (non-hydrogen) atoms. The summed E-state index contributed by atoms with van der Waals surface area (Å²) in [7, 11) is 0. The Bertz CT molecular complexity index is 523. The number of rotatable bonds is 8. The number of allylic oxidation sites excluding steroid dienone is 2. The Kier molecular flexibility index (Phi) is 7.16. The zero-order valence-corrected chi connectivity index (χ0v) is 14.1. The third-order valence-electron chi connectivity index (χ3n) is 4.04. The number of ether oxygens (including phenoxy) is 1. The van der Waals surface area contributed by atoms with E-state index in [1.54, 1.807) is 26.8 Å². The molecule has 6 heteroatoms. The summed E-state index contributed by atoms with van der Waals surface area (Å²) < 4.78 is 5.08. The third-order valence-corrected chi connectivity index (χ3v) is 4.04. The van der Waals surface area contributed by atoms with E-state index in [-0.39, 0.29) is 37.4 Å². The molecular formula is C17H25NO5. The quantitative estimate of drug-likeness (QED) is 0.140. The topological polar surface area (TPSA) is 81.7 Å². The Morgan fingerprint density at radius 1 is 1.35 bits per heavy atom. The molecule has 0 spiro atoms. The van der Waals surface area contributed by atoms with Crippen molar-refractivity contribution in [1.29, 1.82) is 0 Å². The minimum Gasteiger partial charge on any atom is -0.465 e. The zero-order chi connectivity index (χ0) is 17.5. The van der Waals surface area contributed by atoms with E-state index < -0.39 is 17.2 Å². The Morgan fingerprint density at radius 3 is 2.57 bits per heavy atom. The average molecular weight is 323 g/mol. The molecule has 1 fully saturated rings. The van der Waals surface area contributed by atoms with Gasteiger partial charge in [0.25, 0.3) is 0 Å². The largest absolute Gasteiger partial charge is 0.465 e. The number of nitrogens with one attached hydrogen (secondary N) is 1. The SMILES string of the molecule is C=CCON/C(CC)=C1/C(=O)CCC(CC)(C(=O)OCC)C1=O. The molecule has 1 rings (SSSR count). The normalized spacial score (nSPS) is 23.4. The van der Waals surface area contributed by atoms with Crippen molar-refractivity contribution in [2.24, 2.45) is 5.41 Å². The minimum atomic E-state index is -1.28. The van der Waals surface area contributed by atoms with Crippen molar-refractivity contribution in [3.8, 4) is 0 Å². The standard InChI is InChI=1S/C17H25NO5/c1-5-11-23-18-12(6-2)14-13(19)9-10-17(7-3,15(14)20)16(21)22-8-4/h5,18H,1,6-11H2,2-4H3/b14-12-. The number of carbonyl (C=O) groups excluding carboxylic acids is 3. The van der Waals surface area contributed by atoms with Crippen LogP contribution >= 0.6 is 0 Å². The molecule has 1 atom stereocenters. The molecule has 0 aromatic carbocycles. The van der Waals surface area contributed by atoms with E-state index in [1.165, 1.54) is 0 Å². The van der Waals surface area contributed by atoms with Crippen LogP contribution in [0.3, 0.4) is 0 Å². The summed E-state index contributed by atoms with van der Waals surface area (Å²) in [5.41, 5.74) is 1.79. The van der Waals surface area contributed by atoms with E-state index in [2.05, 4.69) is 12.1 Å². The summed E-state index contributed by atoms with van der Waals surface area (Å²) in [6, 6.07) is 0. The van der Waals surface area contributed by atoms with Crippen LogP contribution in [0, 0.1) is 5.41 Å². The molecule has 1 saturated carbocycles. The van der Waals surface area contributed by atoms with E-state index >= 15 is 0 Å². The first-order chi connectivity index (χ1) is 11.0. The molecule has 0 radical (unpaired) electrons. The van der Waals surface area contributed by atoms with E-state index in [0.717, 1.165) is 0 Å². The number of carbonyl (C=O) groups is 3. The Labute approximate surface area is 136 Å². The maximum absolute atomic E-state index is 12.9. The maximum Gasteiger partial charge on any atom is 0.320 e. The van der Waals surface area contributed by atoms with Gasteiger partial charge in [-0.15, -0.1) is 6.58 Å². The number of ketones is 2. The van der Waals surface area contributed by atoms with Crippen LogP contribution in [-0.2, 0) is 24.0 Å². The highest BCUT2D eigenvalue weighted by Crippen LogP contribution is 2.39. The van der Waals surface area contributed by atoms with Crippen LogP contribution in [-0.4, -0.2) is 30.7 Å². The van der Waals surface area contributed by atoms with Gasteiger partial charge in [0.05, 0.1) is 24.5 Å². The fourth-order valence-corrected chi connectivity index (χ4v) is 2.67. The number of hydrogen-bond acceptors (Lipinski definition) is 6. The predicted molar refractivity (Wildman–Crippen MR) is 85.2 cm³/mol. The zero-order valence-electron chi connectivity index (χ0n) is 14.1. The molecule has 1 N–H and O–H groups in total. The molecule has 0 saturated heterocycles. The second kappa shape index (κ2) is 8.62. The molecular weight excluding hydrogens is 298 g/mol. The summed E-state index contributed by atoms with van der Waals surface area (Å²) >= 11 is 0. The third kappa shape index (κ3) is 3.88. The van der Waals surface area contributed by atoms with Gasteiger partial charge in [-0.1, -0.05) is 19.9 Å². The van der Waals surface area contributed by atoms with Gasteiger partial charge < -0.3 is 4.74 Å². The van der Waals surface area contributed by atoms with Crippen molar-refractivity contribution >= 4 is 17.5 Å². The highest BCUT2D eigenvalue weighted by Gasteiger charge is 2.51. The van der Waals surface area contributed by atoms with Crippen LogP contribution in [0.2, 0.25) is 0 Å². The lowest BCUT2D eigenvalue weighted by molar-refractivity contribution is -0.161. The second-order valence-electron chi connectivity index (χ2n) is 5.32. The molecule has 128 valence electrons. The first kappa shape index (κ1) is 19.1. The fraction of sp³-hybridized carbons (Fsp3) is 0.588. The molecule has 0 aromatic heterocycles. The van der Waals surface area contributed by atoms with Gasteiger partial charge in [-0.05, 0) is 26.2 Å². The monoisotopic (exact) mass is 323 g/mol. The lowest BCUT2D eigenvalue weighted by Crippen LogP contribution is -2.47. The highest BCUT2D eigenvalue weighted by molar-refractivity contribution is 6.28. The predicted octanol–water partition coefficient (Wildman–Crippen LogP) is 2.25. The van der Waals surface area contributed by atoms with Crippen molar-refractivity contribution in [3.63, 3.8) is 0 Å². The van der Waals surface area contributed by atoms with E-state index in [9.17, 15) is 14.4 Å². The van der Waals surface area contributed by atoms with Crippen LogP contribution < -0.4 is 5.48 Å². The van der Waals surface area contributed by atoms with Crippen molar-refractivity contribution in [2.45, 2.75) is 46.5 Å². The fourth-order valence-electron chi connectivity index (χ4n) is 2.67. The minimum absolute atomic E-state index is 0.0257. The molecule has 1 aliphatic rings. The average Bonchev–Trinajstić information content (AvgIpc) is 2.54. The van der Waals surface area contributed by atoms with Crippen molar-refractivity contribution in [3.05, 3.63) is 23.9 Å². The van der Waals surface area contributed by atoms with Gasteiger partial charge in [-0.3, -0.25) is 24.7 Å². The van der Waals surface area contributed by atoms with E-state index in [4.69, 9.17) is 9.57 Å². The molecule has 1 aliphatic carbocycles. The first-order valence-electron chi connectivity index (χ1n) is 7.95. The number of Topliss-reactive ketones (excluding diaryl/α,β-unsaturated/α-hetero) is 2. The van der Waals surface area contributed by atoms with Gasteiger partial charge in [-0.25, -0.2) is 0 Å². The van der Waals surface area contributed by atoms with Crippen LogP contribution in [0.4, 0.5) is 0 Å². The lowest BCUT2D eigenvalue weighted by atomic mass is 9.68. The Balaban J connectivity index is 3.23. The number of hydroxylamine groups is 1. The van der Waals surface area contributed by atoms with E-state index in [1.807, 2.05) is 0 Å². The van der Waals surface area contributed by atoms with Crippen molar-refractivity contribution < 1.29 is 24.0 Å². The van der Waals surface area contributed by atoms with Crippen molar-refractivity contribution in [2.75, 3.05) is 13.2 Å². The number of hydrogen-bond donors (Lipinski definition) is 1. The lowest BCUT2D eigenvalue weighted by Gasteiger charge is -2.33. The van der Waals surface area contributed by atoms with Gasteiger partial charge in [0.2, 0.25) is 0 Å². The van der Waals surface area contributed by atoms with Crippen LogP contribution in [0.25, 0.3) is 0 Å². The first-order valence-corrected chi connectivity index (χ1v) is 7.95. The summed E-state index contributed by atoms with van der Waals surface area (Å²) in [5.74, 6) is -1.30. The molecule has 0 bridgehead atoms. The Morgan fingerprint density at radius 2 is 2.04 bits per heavy atom. The molecule has 0 heterocycles. The van der Waals surface area contributed by atoms with Crippen molar-refractivity contribution in [1.82, 2.24) is 5.48 Å². The Hall–Kier alpha value is -1.95. The summed E-state index contributed by atoms with van der Waals surface area (Å²) in [6.07, 6.45) is 2.58. The summed E-state index contributed by atoms with van der Waals surface area (Å²) in [5, 5.41) is 0. The highest BCUT2D eigenvalue weighted by atomic mass is 16.6. The van der Waals surface area contributed by atoms with E-state index in [0.29, 0.717) is 18.5 Å². The molecule has 0 aromatic rings. The summed E-state index contributed by atoms with van der Waals surface area (Å²) in [6.45, 7) is 9.22. The second-order valence-corrected chi connectivity index (χ2v) is 5.32. The molecule has 6 nitrogen and oxygen atoms in total.